The van der Waals surface area contributed by atoms with Gasteiger partial charge in [0.1, 0.15) is 17.2 Å². The maximum absolute atomic E-state index is 5.51. The highest BCUT2D eigenvalue weighted by Gasteiger charge is 2.33. The molecule has 4 nitrogen and oxygen atoms in total. The first kappa shape index (κ1) is 18.1. The summed E-state index contributed by atoms with van der Waals surface area (Å²) >= 11 is 0. The van der Waals surface area contributed by atoms with Crippen LogP contribution in [0.5, 0.6) is 17.2 Å². The second-order valence-corrected chi connectivity index (χ2v) is 6.84. The van der Waals surface area contributed by atoms with Crippen LogP contribution in [0, 0.1) is 0 Å². The van der Waals surface area contributed by atoms with Crippen LogP contribution in [-0.2, 0) is 5.41 Å². The molecule has 0 fully saturated rings. The molecular formula is C22H25NO3. The first-order valence-electron chi connectivity index (χ1n) is 8.62. The van der Waals surface area contributed by atoms with Crippen LogP contribution in [-0.4, -0.2) is 33.6 Å². The Morgan fingerprint density at radius 1 is 0.962 bits per heavy atom. The van der Waals surface area contributed by atoms with Crippen LogP contribution in [0.4, 0.5) is 0 Å². The first-order chi connectivity index (χ1) is 12.5. The lowest BCUT2D eigenvalue weighted by atomic mass is 9.72. The summed E-state index contributed by atoms with van der Waals surface area (Å²) in [6.07, 6.45) is 6.13. The van der Waals surface area contributed by atoms with Gasteiger partial charge < -0.3 is 14.2 Å². The molecule has 0 saturated carbocycles. The summed E-state index contributed by atoms with van der Waals surface area (Å²) in [5.74, 6) is 2.02. The van der Waals surface area contributed by atoms with E-state index in [0.29, 0.717) is 17.2 Å². The molecule has 1 aliphatic carbocycles. The number of benzene rings is 2. The molecule has 0 saturated heterocycles. The maximum Gasteiger partial charge on any atom is 0.135 e. The van der Waals surface area contributed by atoms with E-state index in [0.717, 1.165) is 5.56 Å². The van der Waals surface area contributed by atoms with E-state index in [4.69, 9.17) is 19.2 Å². The molecule has 0 N–H and O–H groups in total. The summed E-state index contributed by atoms with van der Waals surface area (Å²) in [5, 5.41) is 0. The van der Waals surface area contributed by atoms with Crippen molar-refractivity contribution >= 4 is 12.3 Å². The van der Waals surface area contributed by atoms with Crippen LogP contribution < -0.4 is 14.2 Å². The summed E-state index contributed by atoms with van der Waals surface area (Å²) < 4.78 is 16.3. The number of hydrogen-bond donors (Lipinski definition) is 0. The molecule has 0 spiro atoms. The zero-order valence-corrected chi connectivity index (χ0v) is 15.9. The summed E-state index contributed by atoms with van der Waals surface area (Å²) in [6.45, 7) is 4.44. The lowest BCUT2D eigenvalue weighted by Gasteiger charge is -2.34. The molecule has 0 heterocycles. The Hall–Kier alpha value is -2.75. The lowest BCUT2D eigenvalue weighted by molar-refractivity contribution is 0.374. The van der Waals surface area contributed by atoms with E-state index < -0.39 is 0 Å². The average molecular weight is 351 g/mol. The van der Waals surface area contributed by atoms with Gasteiger partial charge in [-0.15, -0.1) is 0 Å². The Kier molecular flexibility index (Phi) is 5.03. The zero-order valence-electron chi connectivity index (χ0n) is 15.9. The monoisotopic (exact) mass is 351 g/mol. The van der Waals surface area contributed by atoms with Crippen LogP contribution in [0.3, 0.4) is 0 Å². The van der Waals surface area contributed by atoms with E-state index in [9.17, 15) is 0 Å². The Morgan fingerprint density at radius 2 is 1.62 bits per heavy atom. The van der Waals surface area contributed by atoms with Crippen LogP contribution in [0.15, 0.2) is 47.5 Å². The highest BCUT2D eigenvalue weighted by Crippen LogP contribution is 2.38. The van der Waals surface area contributed by atoms with Gasteiger partial charge in [0.2, 0.25) is 0 Å². The number of aliphatic imine (C=N–C) groups is 1. The molecule has 4 heteroatoms. The number of hydrogen-bond acceptors (Lipinski definition) is 4. The summed E-state index contributed by atoms with van der Waals surface area (Å²) in [4.78, 5) is 4.87. The lowest BCUT2D eigenvalue weighted by Crippen LogP contribution is -2.33. The van der Waals surface area contributed by atoms with Gasteiger partial charge in [-0.1, -0.05) is 50.3 Å². The van der Waals surface area contributed by atoms with Crippen molar-refractivity contribution in [2.24, 2.45) is 4.99 Å². The minimum absolute atomic E-state index is 0.0221. The minimum atomic E-state index is -0.102. The van der Waals surface area contributed by atoms with Crippen LogP contribution in [0.25, 0.3) is 6.08 Å². The third-order valence-electron chi connectivity index (χ3n) is 4.97. The van der Waals surface area contributed by atoms with E-state index in [1.165, 1.54) is 11.1 Å². The predicted octanol–water partition coefficient (Wildman–Crippen LogP) is 4.50. The maximum atomic E-state index is 5.51. The Morgan fingerprint density at radius 3 is 2.23 bits per heavy atom. The SMILES string of the molecule is COc1cc(OC)c(C=NC2C=Cc3ccccc3C2(C)C)c(OC)c1. The Balaban J connectivity index is 1.99. The molecule has 1 atom stereocenters. The van der Waals surface area contributed by atoms with Crippen molar-refractivity contribution in [2.45, 2.75) is 25.3 Å². The van der Waals surface area contributed by atoms with Crippen molar-refractivity contribution in [3.8, 4) is 17.2 Å². The van der Waals surface area contributed by atoms with E-state index in [1.807, 2.05) is 18.3 Å². The largest absolute Gasteiger partial charge is 0.496 e. The Labute approximate surface area is 155 Å². The molecule has 2 aromatic carbocycles. The van der Waals surface area contributed by atoms with Gasteiger partial charge in [-0.2, -0.15) is 0 Å². The second kappa shape index (κ2) is 7.24. The predicted molar refractivity (Wildman–Crippen MR) is 106 cm³/mol. The fourth-order valence-electron chi connectivity index (χ4n) is 3.37. The quantitative estimate of drug-likeness (QED) is 0.745. The number of methoxy groups -OCH3 is 3. The molecule has 3 rings (SSSR count). The molecule has 0 bridgehead atoms. The number of rotatable bonds is 5. The highest BCUT2D eigenvalue weighted by atomic mass is 16.5. The van der Waals surface area contributed by atoms with E-state index >= 15 is 0 Å². The van der Waals surface area contributed by atoms with Gasteiger partial charge in [0.15, 0.2) is 0 Å². The molecule has 0 radical (unpaired) electrons. The normalized spacial score (nSPS) is 17.8. The average Bonchev–Trinajstić information content (AvgIpc) is 2.66. The molecule has 0 aliphatic heterocycles. The standard InChI is InChI=1S/C22H25NO3/c1-22(2)18-9-7-6-8-15(18)10-11-21(22)23-14-17-19(25-4)12-16(24-3)13-20(17)26-5/h6-14,21H,1-5H3. The van der Waals surface area contributed by atoms with Crippen LogP contribution >= 0.6 is 0 Å². The minimum Gasteiger partial charge on any atom is -0.496 e. The number of fused-ring (bicyclic) bond motifs is 1. The van der Waals surface area contributed by atoms with Gasteiger partial charge in [-0.3, -0.25) is 4.99 Å². The van der Waals surface area contributed by atoms with Gasteiger partial charge in [0.25, 0.3) is 0 Å². The molecule has 26 heavy (non-hydrogen) atoms. The first-order valence-corrected chi connectivity index (χ1v) is 8.62. The molecule has 1 aliphatic rings. The molecule has 0 amide bonds. The molecule has 1 unspecified atom stereocenters. The van der Waals surface area contributed by atoms with Crippen molar-refractivity contribution in [3.05, 3.63) is 59.2 Å². The third-order valence-corrected chi connectivity index (χ3v) is 4.97. The third kappa shape index (κ3) is 3.19. The van der Waals surface area contributed by atoms with Gasteiger partial charge in [0, 0.05) is 23.8 Å². The second-order valence-electron chi connectivity index (χ2n) is 6.84. The van der Waals surface area contributed by atoms with Crippen LogP contribution in [0.1, 0.15) is 30.5 Å². The zero-order chi connectivity index (χ0) is 18.7. The van der Waals surface area contributed by atoms with E-state index in [1.54, 1.807) is 21.3 Å². The van der Waals surface area contributed by atoms with E-state index in [2.05, 4.69) is 50.3 Å². The summed E-state index contributed by atoms with van der Waals surface area (Å²) in [5.41, 5.74) is 3.26. The molecule has 136 valence electrons. The highest BCUT2D eigenvalue weighted by molar-refractivity contribution is 5.88. The molecule has 2 aromatic rings. The molecular weight excluding hydrogens is 326 g/mol. The topological polar surface area (TPSA) is 40.0 Å². The van der Waals surface area contributed by atoms with Crippen LogP contribution in [0.2, 0.25) is 0 Å². The van der Waals surface area contributed by atoms with Crippen molar-refractivity contribution < 1.29 is 14.2 Å². The summed E-state index contributed by atoms with van der Waals surface area (Å²) in [7, 11) is 4.88. The molecule has 0 aromatic heterocycles. The van der Waals surface area contributed by atoms with Gasteiger partial charge in [-0.05, 0) is 11.1 Å². The fourth-order valence-corrected chi connectivity index (χ4v) is 3.37. The Bertz CT molecular complexity index is 827. The fraction of sp³-hybridized carbons (Fsp3) is 0.318. The van der Waals surface area contributed by atoms with Gasteiger partial charge in [-0.25, -0.2) is 0 Å². The van der Waals surface area contributed by atoms with Crippen molar-refractivity contribution in [2.75, 3.05) is 21.3 Å². The van der Waals surface area contributed by atoms with Crippen molar-refractivity contribution in [1.82, 2.24) is 0 Å². The van der Waals surface area contributed by atoms with Crippen molar-refractivity contribution in [1.29, 1.82) is 0 Å². The number of nitrogens with zero attached hydrogens (tertiary/aromatic N) is 1. The van der Waals surface area contributed by atoms with Gasteiger partial charge >= 0.3 is 0 Å². The number of ether oxygens (including phenoxy) is 3. The summed E-state index contributed by atoms with van der Waals surface area (Å²) in [6, 6.07) is 12.2. The van der Waals surface area contributed by atoms with E-state index in [-0.39, 0.29) is 11.5 Å². The van der Waals surface area contributed by atoms with Gasteiger partial charge in [0.05, 0.1) is 32.9 Å². The smallest absolute Gasteiger partial charge is 0.135 e. The van der Waals surface area contributed by atoms with Crippen molar-refractivity contribution in [3.63, 3.8) is 0 Å².